The summed E-state index contributed by atoms with van der Waals surface area (Å²) in [6, 6.07) is 21.7. The molecule has 0 spiro atoms. The van der Waals surface area contributed by atoms with E-state index in [2.05, 4.69) is 120 Å². The summed E-state index contributed by atoms with van der Waals surface area (Å²) in [6.07, 6.45) is 10.4. The van der Waals surface area contributed by atoms with Gasteiger partial charge in [-0.05, 0) is 51.6 Å². The van der Waals surface area contributed by atoms with Crippen molar-refractivity contribution in [1.82, 2.24) is 0 Å². The van der Waals surface area contributed by atoms with Gasteiger partial charge in [0.25, 0.3) is 8.32 Å². The Morgan fingerprint density at radius 1 is 0.971 bits per heavy atom. The first-order valence-electron chi connectivity index (χ1n) is 12.7. The Morgan fingerprint density at radius 2 is 1.53 bits per heavy atom. The second-order valence-electron chi connectivity index (χ2n) is 11.8. The first-order chi connectivity index (χ1) is 16.1. The van der Waals surface area contributed by atoms with Gasteiger partial charge in [0.2, 0.25) is 0 Å². The van der Waals surface area contributed by atoms with Crippen LogP contribution in [-0.2, 0) is 9.22 Å². The van der Waals surface area contributed by atoms with Crippen molar-refractivity contribution in [1.29, 1.82) is 0 Å². The third kappa shape index (κ3) is 3.97. The molecular formula is C31H40O2Si. The molecule has 0 fully saturated rings. The summed E-state index contributed by atoms with van der Waals surface area (Å²) in [6.45, 7) is 14.4. The second-order valence-corrected chi connectivity index (χ2v) is 16.1. The van der Waals surface area contributed by atoms with Gasteiger partial charge in [-0.3, -0.25) is 4.79 Å². The predicted octanol–water partition coefficient (Wildman–Crippen LogP) is 6.32. The van der Waals surface area contributed by atoms with Gasteiger partial charge in [-0.1, -0.05) is 120 Å². The van der Waals surface area contributed by atoms with Crippen molar-refractivity contribution in [3.8, 4) is 0 Å². The predicted molar refractivity (Wildman–Crippen MR) is 145 cm³/mol. The Kier molecular flexibility index (Phi) is 6.65. The topological polar surface area (TPSA) is 26.3 Å². The summed E-state index contributed by atoms with van der Waals surface area (Å²) in [5.41, 5.74) is -0.414. The molecule has 34 heavy (non-hydrogen) atoms. The Morgan fingerprint density at radius 3 is 2.06 bits per heavy atom. The van der Waals surface area contributed by atoms with E-state index in [1.165, 1.54) is 10.4 Å². The third-order valence-corrected chi connectivity index (χ3v) is 13.8. The van der Waals surface area contributed by atoms with E-state index in [1.807, 2.05) is 6.08 Å². The largest absolute Gasteiger partial charge is 0.407 e. The number of benzene rings is 2. The molecule has 0 N–H and O–H groups in total. The Hall–Kier alpha value is -2.23. The van der Waals surface area contributed by atoms with Crippen LogP contribution < -0.4 is 10.4 Å². The van der Waals surface area contributed by atoms with Gasteiger partial charge >= 0.3 is 0 Å². The summed E-state index contributed by atoms with van der Waals surface area (Å²) >= 11 is 0. The lowest BCUT2D eigenvalue weighted by Gasteiger charge is -2.52. The van der Waals surface area contributed by atoms with Gasteiger partial charge < -0.3 is 4.43 Å². The van der Waals surface area contributed by atoms with Gasteiger partial charge in [0.15, 0.2) is 5.78 Å². The summed E-state index contributed by atoms with van der Waals surface area (Å²) < 4.78 is 7.20. The van der Waals surface area contributed by atoms with Crippen molar-refractivity contribution < 1.29 is 9.22 Å². The van der Waals surface area contributed by atoms with Gasteiger partial charge in [-0.15, -0.1) is 0 Å². The summed E-state index contributed by atoms with van der Waals surface area (Å²) in [5.74, 6) is 0.820. The minimum atomic E-state index is -2.56. The van der Waals surface area contributed by atoms with Gasteiger partial charge in [0.1, 0.15) is 0 Å². The van der Waals surface area contributed by atoms with Gasteiger partial charge in [0, 0.05) is 12.0 Å². The minimum absolute atomic E-state index is 0.0361. The lowest BCUT2D eigenvalue weighted by atomic mass is 9.51. The number of allylic oxidation sites excluding steroid dienone is 4. The van der Waals surface area contributed by atoms with Crippen LogP contribution in [0.2, 0.25) is 5.04 Å². The molecule has 0 saturated carbocycles. The maximum atomic E-state index is 13.0. The number of rotatable bonds is 6. The van der Waals surface area contributed by atoms with Crippen LogP contribution in [-0.4, -0.2) is 20.7 Å². The van der Waals surface area contributed by atoms with E-state index in [0.29, 0.717) is 12.5 Å². The van der Waals surface area contributed by atoms with Crippen LogP contribution in [0.3, 0.4) is 0 Å². The number of hydrogen-bond donors (Lipinski definition) is 0. The van der Waals surface area contributed by atoms with Gasteiger partial charge in [-0.2, -0.15) is 0 Å². The number of carbonyl (C=O) groups excluding carboxylic acids is 1. The molecule has 0 unspecified atom stereocenters. The van der Waals surface area contributed by atoms with E-state index in [-0.39, 0.29) is 27.6 Å². The molecule has 2 nitrogen and oxygen atoms in total. The average Bonchev–Trinajstić information content (AvgIpc) is 2.81. The Bertz CT molecular complexity index is 1030. The second kappa shape index (κ2) is 9.09. The lowest BCUT2D eigenvalue weighted by Crippen LogP contribution is -2.66. The molecule has 0 aromatic heterocycles. The Balaban J connectivity index is 1.69. The molecule has 0 amide bonds. The number of carbonyl (C=O) groups is 1. The van der Waals surface area contributed by atoms with Crippen molar-refractivity contribution >= 4 is 24.5 Å². The molecule has 4 atom stereocenters. The standard InChI is InChI=1S/C31H40O2Si/c1-24-14-13-19-27-30(5,21-20-28(32)31(24,27)6)22-23-33-34(29(2,3)4,25-15-9-7-10-16-25)26-17-11-8-12-18-26/h7-18,20-21,24,27H,19,22-23H2,1-6H3/t24-,27-,30-,31-/m1/s1. The van der Waals surface area contributed by atoms with Crippen LogP contribution in [0.1, 0.15) is 54.4 Å². The number of ketones is 1. The first kappa shape index (κ1) is 24.9. The van der Waals surface area contributed by atoms with E-state index >= 15 is 0 Å². The normalized spacial score (nSPS) is 29.2. The zero-order valence-corrected chi connectivity index (χ0v) is 22.7. The zero-order chi connectivity index (χ0) is 24.6. The zero-order valence-electron chi connectivity index (χ0n) is 21.7. The highest BCUT2D eigenvalue weighted by molar-refractivity contribution is 6.99. The summed E-state index contributed by atoms with van der Waals surface area (Å²) in [5, 5.41) is 2.59. The molecule has 0 saturated heterocycles. The molecule has 2 aliphatic carbocycles. The Labute approximate surface area is 207 Å². The van der Waals surface area contributed by atoms with Crippen LogP contribution >= 0.6 is 0 Å². The maximum Gasteiger partial charge on any atom is 0.261 e. The lowest BCUT2D eigenvalue weighted by molar-refractivity contribution is -0.133. The highest BCUT2D eigenvalue weighted by Gasteiger charge is 2.54. The van der Waals surface area contributed by atoms with Crippen LogP contribution in [0, 0.1) is 22.7 Å². The van der Waals surface area contributed by atoms with Crippen molar-refractivity contribution in [2.24, 2.45) is 22.7 Å². The molecule has 0 aliphatic heterocycles. The van der Waals surface area contributed by atoms with Crippen LogP contribution in [0.25, 0.3) is 0 Å². The van der Waals surface area contributed by atoms with E-state index < -0.39 is 8.32 Å². The summed E-state index contributed by atoms with van der Waals surface area (Å²) in [7, 11) is -2.56. The van der Waals surface area contributed by atoms with Crippen molar-refractivity contribution in [3.63, 3.8) is 0 Å². The first-order valence-corrected chi connectivity index (χ1v) is 14.6. The van der Waals surface area contributed by atoms with Gasteiger partial charge in [-0.25, -0.2) is 0 Å². The van der Waals surface area contributed by atoms with Crippen molar-refractivity contribution in [2.45, 2.75) is 59.4 Å². The monoisotopic (exact) mass is 472 g/mol. The molecule has 0 heterocycles. The SMILES string of the molecule is C[C@@H]1C=CC[C@H]2[C@]1(C)C(=O)C=C[C@]2(C)CCO[Si](c1ccccc1)(c1ccccc1)C(C)(C)C. The molecule has 3 heteroatoms. The van der Waals surface area contributed by atoms with Gasteiger partial charge in [0.05, 0.1) is 0 Å². The molecule has 2 aliphatic rings. The number of hydrogen-bond acceptors (Lipinski definition) is 2. The maximum absolute atomic E-state index is 13.0. The molecular weight excluding hydrogens is 432 g/mol. The van der Waals surface area contributed by atoms with Crippen LogP contribution in [0.5, 0.6) is 0 Å². The molecule has 180 valence electrons. The van der Waals surface area contributed by atoms with Crippen LogP contribution in [0.4, 0.5) is 0 Å². The third-order valence-electron chi connectivity index (χ3n) is 8.78. The average molecular weight is 473 g/mol. The quantitative estimate of drug-likeness (QED) is 0.363. The minimum Gasteiger partial charge on any atom is -0.407 e. The van der Waals surface area contributed by atoms with E-state index in [0.717, 1.165) is 12.8 Å². The van der Waals surface area contributed by atoms with Crippen LogP contribution in [0.15, 0.2) is 85.0 Å². The molecule has 0 bridgehead atoms. The molecule has 0 radical (unpaired) electrons. The van der Waals surface area contributed by atoms with E-state index in [9.17, 15) is 4.79 Å². The molecule has 2 aromatic rings. The summed E-state index contributed by atoms with van der Waals surface area (Å²) in [4.78, 5) is 13.0. The highest BCUT2D eigenvalue weighted by Crippen LogP contribution is 2.55. The molecule has 2 aromatic carbocycles. The fraction of sp³-hybridized carbons (Fsp3) is 0.452. The number of fused-ring (bicyclic) bond motifs is 1. The fourth-order valence-corrected chi connectivity index (χ4v) is 11.1. The van der Waals surface area contributed by atoms with E-state index in [4.69, 9.17) is 4.43 Å². The van der Waals surface area contributed by atoms with E-state index in [1.54, 1.807) is 0 Å². The molecule has 4 rings (SSSR count). The highest BCUT2D eigenvalue weighted by atomic mass is 28.4. The van der Waals surface area contributed by atoms with Crippen molar-refractivity contribution in [3.05, 3.63) is 85.0 Å². The smallest absolute Gasteiger partial charge is 0.261 e. The van der Waals surface area contributed by atoms with Crippen molar-refractivity contribution in [2.75, 3.05) is 6.61 Å². The fourth-order valence-electron chi connectivity index (χ4n) is 6.54.